The molecule has 0 radical (unpaired) electrons. The molecule has 1 aliphatic heterocycles. The number of fused-ring (bicyclic) bond motifs is 2. The van der Waals surface area contributed by atoms with Crippen molar-refractivity contribution in [2.24, 2.45) is 10.2 Å². The number of amidine groups is 1. The predicted octanol–water partition coefficient (Wildman–Crippen LogP) is 4.32. The first-order valence-corrected chi connectivity index (χ1v) is 8.88. The van der Waals surface area contributed by atoms with E-state index in [1.54, 1.807) is 6.21 Å². The molecule has 1 fully saturated rings. The minimum Gasteiger partial charge on any atom is -0.302 e. The Bertz CT molecular complexity index is 999. The molecule has 0 atom stereocenters. The molecule has 0 saturated carbocycles. The van der Waals surface area contributed by atoms with Gasteiger partial charge in [0, 0.05) is 5.56 Å². The molecule has 0 unspecified atom stereocenters. The van der Waals surface area contributed by atoms with Gasteiger partial charge in [-0.3, -0.25) is 4.79 Å². The maximum absolute atomic E-state index is 11.8. The lowest BCUT2D eigenvalue weighted by molar-refractivity contribution is -0.120. The molecule has 0 aliphatic carbocycles. The molecule has 1 N–H and O–H groups in total. The highest BCUT2D eigenvalue weighted by molar-refractivity contribution is 8.16. The van der Waals surface area contributed by atoms with Gasteiger partial charge in [-0.05, 0) is 41.5 Å². The van der Waals surface area contributed by atoms with Crippen LogP contribution in [-0.2, 0) is 4.79 Å². The van der Waals surface area contributed by atoms with Crippen LogP contribution in [0.15, 0.2) is 64.8 Å². The summed E-state index contributed by atoms with van der Waals surface area (Å²) in [5, 5.41) is 16.3. The molecule has 1 aliphatic rings. The third-order valence-corrected chi connectivity index (χ3v) is 5.34. The number of carbonyl (C=O) groups is 1. The summed E-state index contributed by atoms with van der Waals surface area (Å²) >= 11 is 1.39. The minimum absolute atomic E-state index is 0.0398. The molecule has 5 heteroatoms. The van der Waals surface area contributed by atoms with Gasteiger partial charge in [0.05, 0.1) is 11.0 Å². The Morgan fingerprint density at radius 3 is 2.16 bits per heavy atom. The normalized spacial score (nSPS) is 18.5. The maximum atomic E-state index is 11.8. The molecule has 4 rings (SSSR count). The molecule has 25 heavy (non-hydrogen) atoms. The van der Waals surface area contributed by atoms with E-state index >= 15 is 0 Å². The quantitative estimate of drug-likeness (QED) is 0.426. The Labute approximate surface area is 150 Å². The Morgan fingerprint density at radius 2 is 1.60 bits per heavy atom. The van der Waals surface area contributed by atoms with Crippen molar-refractivity contribution in [1.29, 1.82) is 0 Å². The molecule has 0 spiro atoms. The average molecular weight is 347 g/mol. The Hall–Kier alpha value is -2.66. The molecular formula is C20H17N3OS. The van der Waals surface area contributed by atoms with Gasteiger partial charge in [0.25, 0.3) is 0 Å². The van der Waals surface area contributed by atoms with Crippen LogP contribution in [0.2, 0.25) is 0 Å². The van der Waals surface area contributed by atoms with Crippen molar-refractivity contribution in [3.05, 3.63) is 60.2 Å². The number of nitrogens with zero attached hydrogens (tertiary/aromatic N) is 2. The molecule has 1 amide bonds. The van der Waals surface area contributed by atoms with E-state index in [2.05, 4.69) is 45.9 Å². The van der Waals surface area contributed by atoms with Gasteiger partial charge in [-0.1, -0.05) is 60.3 Å². The van der Waals surface area contributed by atoms with Crippen molar-refractivity contribution in [1.82, 2.24) is 5.32 Å². The smallest absolute Gasteiger partial charge is 0.242 e. The first-order valence-electron chi connectivity index (χ1n) is 8.06. The molecule has 1 saturated heterocycles. The number of nitrogens with one attached hydrogen (secondary N) is 1. The Kier molecular flexibility index (Phi) is 3.81. The minimum atomic E-state index is -0.500. The number of hydrogen-bond donors (Lipinski definition) is 1. The second-order valence-corrected chi connectivity index (χ2v) is 8.06. The van der Waals surface area contributed by atoms with Crippen molar-refractivity contribution < 1.29 is 4.79 Å². The lowest BCUT2D eigenvalue weighted by atomic mass is 9.97. The van der Waals surface area contributed by atoms with Crippen molar-refractivity contribution >= 4 is 50.6 Å². The van der Waals surface area contributed by atoms with Crippen LogP contribution < -0.4 is 5.32 Å². The summed E-state index contributed by atoms with van der Waals surface area (Å²) in [6.07, 6.45) is 1.77. The van der Waals surface area contributed by atoms with E-state index in [0.717, 1.165) is 16.3 Å². The van der Waals surface area contributed by atoms with Crippen LogP contribution in [0.3, 0.4) is 0 Å². The molecule has 1 heterocycles. The fraction of sp³-hybridized carbons (Fsp3) is 0.150. The van der Waals surface area contributed by atoms with Crippen LogP contribution in [0.5, 0.6) is 0 Å². The number of thioether (sulfide) groups is 1. The van der Waals surface area contributed by atoms with E-state index in [1.165, 1.54) is 22.5 Å². The summed E-state index contributed by atoms with van der Waals surface area (Å²) in [5.74, 6) is -0.0398. The number of benzene rings is 3. The van der Waals surface area contributed by atoms with E-state index < -0.39 is 4.75 Å². The van der Waals surface area contributed by atoms with Gasteiger partial charge in [0.2, 0.25) is 5.91 Å². The summed E-state index contributed by atoms with van der Waals surface area (Å²) in [7, 11) is 0. The summed E-state index contributed by atoms with van der Waals surface area (Å²) < 4.78 is -0.500. The second-order valence-electron chi connectivity index (χ2n) is 6.45. The van der Waals surface area contributed by atoms with Crippen molar-refractivity contribution in [2.75, 3.05) is 0 Å². The largest absolute Gasteiger partial charge is 0.302 e. The summed E-state index contributed by atoms with van der Waals surface area (Å²) in [6, 6.07) is 18.7. The van der Waals surface area contributed by atoms with Gasteiger partial charge >= 0.3 is 0 Å². The van der Waals surface area contributed by atoms with Crippen LogP contribution in [0.1, 0.15) is 19.4 Å². The molecule has 3 aromatic rings. The van der Waals surface area contributed by atoms with Gasteiger partial charge in [0.1, 0.15) is 0 Å². The van der Waals surface area contributed by atoms with E-state index in [9.17, 15) is 4.79 Å². The topological polar surface area (TPSA) is 53.8 Å². The molecule has 0 aromatic heterocycles. The first kappa shape index (κ1) is 15.8. The Balaban J connectivity index is 1.79. The van der Waals surface area contributed by atoms with E-state index in [0.29, 0.717) is 5.17 Å². The molecule has 3 aromatic carbocycles. The standard InChI is InChI=1S/C20H17N3OS/c1-20(2)18(24)22-19(25-20)23-21-12-17-15-9-5-3-7-13(15)11-14-8-4-6-10-16(14)17/h3-12H,1-2H3,(H,22,23,24)/b21-12-. The average Bonchev–Trinajstić information content (AvgIpc) is 2.86. The first-order chi connectivity index (χ1) is 12.0. The number of hydrogen-bond acceptors (Lipinski definition) is 4. The molecule has 4 nitrogen and oxygen atoms in total. The lowest BCUT2D eigenvalue weighted by Crippen LogP contribution is -2.30. The van der Waals surface area contributed by atoms with Crippen molar-refractivity contribution in [3.63, 3.8) is 0 Å². The van der Waals surface area contributed by atoms with E-state index in [4.69, 9.17) is 0 Å². The van der Waals surface area contributed by atoms with Crippen LogP contribution >= 0.6 is 11.8 Å². The summed E-state index contributed by atoms with van der Waals surface area (Å²) in [5.41, 5.74) is 1.03. The zero-order valence-electron chi connectivity index (χ0n) is 14.0. The third kappa shape index (κ3) is 2.91. The fourth-order valence-corrected chi connectivity index (χ4v) is 3.79. The predicted molar refractivity (Wildman–Crippen MR) is 106 cm³/mol. The summed E-state index contributed by atoms with van der Waals surface area (Å²) in [4.78, 5) is 11.8. The summed E-state index contributed by atoms with van der Waals surface area (Å²) in [6.45, 7) is 3.74. The van der Waals surface area contributed by atoms with Crippen LogP contribution in [0.4, 0.5) is 0 Å². The highest BCUT2D eigenvalue weighted by Crippen LogP contribution is 2.31. The van der Waals surface area contributed by atoms with E-state index in [1.807, 2.05) is 38.1 Å². The maximum Gasteiger partial charge on any atom is 0.242 e. The van der Waals surface area contributed by atoms with Gasteiger partial charge in [-0.2, -0.15) is 5.10 Å². The van der Waals surface area contributed by atoms with Crippen molar-refractivity contribution in [2.45, 2.75) is 18.6 Å². The number of amides is 1. The molecular weight excluding hydrogens is 330 g/mol. The monoisotopic (exact) mass is 347 g/mol. The third-order valence-electron chi connectivity index (χ3n) is 4.27. The van der Waals surface area contributed by atoms with Crippen LogP contribution in [0.25, 0.3) is 21.5 Å². The van der Waals surface area contributed by atoms with E-state index in [-0.39, 0.29) is 5.91 Å². The zero-order valence-corrected chi connectivity index (χ0v) is 14.8. The Morgan fingerprint density at radius 1 is 1.00 bits per heavy atom. The molecule has 124 valence electrons. The number of rotatable bonds is 2. The van der Waals surface area contributed by atoms with Crippen molar-refractivity contribution in [3.8, 4) is 0 Å². The van der Waals surface area contributed by atoms with Crippen LogP contribution in [0, 0.1) is 0 Å². The van der Waals surface area contributed by atoms with Gasteiger partial charge in [0.15, 0.2) is 5.17 Å². The SMILES string of the molecule is CC1(C)S/C(=N/N=C\c2c3ccccc3cc3ccccc23)NC1=O. The highest BCUT2D eigenvalue weighted by atomic mass is 32.2. The zero-order chi connectivity index (χ0) is 17.4. The number of carbonyl (C=O) groups excluding carboxylic acids is 1. The van der Waals surface area contributed by atoms with Gasteiger partial charge in [-0.25, -0.2) is 0 Å². The highest BCUT2D eigenvalue weighted by Gasteiger charge is 2.38. The van der Waals surface area contributed by atoms with Gasteiger partial charge < -0.3 is 5.32 Å². The fourth-order valence-electron chi connectivity index (χ4n) is 2.93. The second kappa shape index (κ2) is 6.01. The molecule has 0 bridgehead atoms. The lowest BCUT2D eigenvalue weighted by Gasteiger charge is -2.08. The van der Waals surface area contributed by atoms with Crippen LogP contribution in [-0.4, -0.2) is 22.0 Å². The van der Waals surface area contributed by atoms with Gasteiger partial charge in [-0.15, -0.1) is 5.10 Å².